The lowest BCUT2D eigenvalue weighted by atomic mass is 10.1. The van der Waals surface area contributed by atoms with Crippen molar-refractivity contribution in [3.05, 3.63) is 57.8 Å². The monoisotopic (exact) mass is 335 g/mol. The number of benzene rings is 1. The van der Waals surface area contributed by atoms with Crippen molar-refractivity contribution >= 4 is 21.2 Å². The van der Waals surface area contributed by atoms with Crippen LogP contribution in [0.1, 0.15) is 22.4 Å². The molecule has 1 atom stereocenters. The molecule has 0 radical (unpaired) electrons. The van der Waals surface area contributed by atoms with Crippen molar-refractivity contribution in [1.29, 1.82) is 0 Å². The van der Waals surface area contributed by atoms with Gasteiger partial charge in [0.1, 0.15) is 0 Å². The summed E-state index contributed by atoms with van der Waals surface area (Å²) in [5.74, 6) is 0.622. The van der Waals surface area contributed by atoms with E-state index in [2.05, 4.69) is 47.5 Å². The number of sulfone groups is 1. The van der Waals surface area contributed by atoms with E-state index in [-0.39, 0.29) is 6.04 Å². The second kappa shape index (κ2) is 6.52. The first-order chi connectivity index (χ1) is 10.5. The van der Waals surface area contributed by atoms with Crippen LogP contribution >= 0.6 is 11.3 Å². The third-order valence-electron chi connectivity index (χ3n) is 4.30. The highest BCUT2D eigenvalue weighted by molar-refractivity contribution is 7.91. The van der Waals surface area contributed by atoms with Crippen molar-refractivity contribution in [2.24, 2.45) is 0 Å². The highest BCUT2D eigenvalue weighted by Gasteiger charge is 2.32. The minimum absolute atomic E-state index is 0.131. The fraction of sp³-hybridized carbons (Fsp3) is 0.412. The van der Waals surface area contributed by atoms with Crippen LogP contribution in [-0.2, 0) is 22.9 Å². The molecule has 0 saturated carbocycles. The van der Waals surface area contributed by atoms with Gasteiger partial charge in [-0.25, -0.2) is 8.42 Å². The zero-order valence-electron chi connectivity index (χ0n) is 12.7. The smallest absolute Gasteiger partial charge is 0.151 e. The number of thiophene rings is 1. The van der Waals surface area contributed by atoms with Gasteiger partial charge < -0.3 is 0 Å². The molecule has 1 aliphatic heterocycles. The summed E-state index contributed by atoms with van der Waals surface area (Å²) in [4.78, 5) is 3.62. The SMILES string of the molecule is Cc1ccccc1CN(Cc1cccs1)C1CCS(=O)(=O)C1. The Kier molecular flexibility index (Phi) is 4.66. The molecule has 5 heteroatoms. The molecule has 0 bridgehead atoms. The van der Waals surface area contributed by atoms with Gasteiger partial charge in [0.15, 0.2) is 9.84 Å². The largest absolute Gasteiger partial charge is 0.290 e. The first-order valence-corrected chi connectivity index (χ1v) is 10.2. The fourth-order valence-electron chi connectivity index (χ4n) is 2.99. The van der Waals surface area contributed by atoms with Crippen molar-refractivity contribution in [3.63, 3.8) is 0 Å². The van der Waals surface area contributed by atoms with E-state index in [0.717, 1.165) is 19.5 Å². The molecular weight excluding hydrogens is 314 g/mol. The van der Waals surface area contributed by atoms with E-state index in [9.17, 15) is 8.42 Å². The molecule has 3 nitrogen and oxygen atoms in total. The highest BCUT2D eigenvalue weighted by Crippen LogP contribution is 2.24. The molecule has 22 heavy (non-hydrogen) atoms. The second-order valence-electron chi connectivity index (χ2n) is 5.97. The third-order valence-corrected chi connectivity index (χ3v) is 6.91. The van der Waals surface area contributed by atoms with E-state index in [1.165, 1.54) is 16.0 Å². The molecule has 0 amide bonds. The zero-order chi connectivity index (χ0) is 15.6. The molecular formula is C17H21NO2S2. The molecule has 2 heterocycles. The van der Waals surface area contributed by atoms with Crippen LogP contribution in [0.5, 0.6) is 0 Å². The van der Waals surface area contributed by atoms with E-state index >= 15 is 0 Å². The summed E-state index contributed by atoms with van der Waals surface area (Å²) in [6.07, 6.45) is 0.750. The van der Waals surface area contributed by atoms with E-state index < -0.39 is 9.84 Å². The van der Waals surface area contributed by atoms with Gasteiger partial charge in [-0.15, -0.1) is 11.3 Å². The molecule has 1 unspecified atom stereocenters. The zero-order valence-corrected chi connectivity index (χ0v) is 14.4. The lowest BCUT2D eigenvalue weighted by Crippen LogP contribution is -2.35. The van der Waals surface area contributed by atoms with Crippen LogP contribution in [0.3, 0.4) is 0 Å². The van der Waals surface area contributed by atoms with Crippen molar-refractivity contribution in [2.45, 2.75) is 32.5 Å². The Morgan fingerprint density at radius 3 is 2.64 bits per heavy atom. The summed E-state index contributed by atoms with van der Waals surface area (Å²) in [5.41, 5.74) is 2.54. The van der Waals surface area contributed by atoms with Crippen LogP contribution in [0.2, 0.25) is 0 Å². The number of aryl methyl sites for hydroxylation is 1. The Labute approximate surface area is 136 Å². The Hall–Kier alpha value is -1.17. The van der Waals surface area contributed by atoms with Gasteiger partial charge in [-0.2, -0.15) is 0 Å². The molecule has 2 aromatic rings. The molecule has 1 aromatic heterocycles. The molecule has 3 rings (SSSR count). The standard InChI is InChI=1S/C17H21NO2S2/c1-14-5-2-3-6-15(14)11-18(12-17-7-4-9-21-17)16-8-10-22(19,20)13-16/h2-7,9,16H,8,10-13H2,1H3. The topological polar surface area (TPSA) is 37.4 Å². The summed E-state index contributed by atoms with van der Waals surface area (Å²) in [6, 6.07) is 12.7. The molecule has 0 spiro atoms. The molecule has 1 aliphatic rings. The van der Waals surface area contributed by atoms with Gasteiger partial charge in [-0.3, -0.25) is 4.90 Å². The maximum absolute atomic E-state index is 11.8. The van der Waals surface area contributed by atoms with Gasteiger partial charge in [0.25, 0.3) is 0 Å². The highest BCUT2D eigenvalue weighted by atomic mass is 32.2. The predicted molar refractivity (Wildman–Crippen MR) is 91.8 cm³/mol. The van der Waals surface area contributed by atoms with Gasteiger partial charge in [0.05, 0.1) is 11.5 Å². The summed E-state index contributed by atoms with van der Waals surface area (Å²) in [7, 11) is -2.86. The van der Waals surface area contributed by atoms with Crippen LogP contribution in [0.15, 0.2) is 41.8 Å². The van der Waals surface area contributed by atoms with E-state index in [4.69, 9.17) is 0 Å². The lowest BCUT2D eigenvalue weighted by molar-refractivity contribution is 0.196. The summed E-state index contributed by atoms with van der Waals surface area (Å²) < 4.78 is 23.7. The maximum Gasteiger partial charge on any atom is 0.151 e. The average Bonchev–Trinajstić information content (AvgIpc) is 3.10. The van der Waals surface area contributed by atoms with E-state index in [1.807, 2.05) is 6.07 Å². The van der Waals surface area contributed by atoms with Crippen LogP contribution in [0, 0.1) is 6.92 Å². The number of hydrogen-bond acceptors (Lipinski definition) is 4. The Morgan fingerprint density at radius 1 is 1.18 bits per heavy atom. The van der Waals surface area contributed by atoms with Crippen molar-refractivity contribution in [3.8, 4) is 0 Å². The first kappa shape index (κ1) is 15.7. The van der Waals surface area contributed by atoms with Crippen molar-refractivity contribution < 1.29 is 8.42 Å². The summed E-state index contributed by atoms with van der Waals surface area (Å²) in [6.45, 7) is 3.75. The Morgan fingerprint density at radius 2 is 2.00 bits per heavy atom. The van der Waals surface area contributed by atoms with Crippen molar-refractivity contribution in [1.82, 2.24) is 4.90 Å². The van der Waals surface area contributed by atoms with Gasteiger partial charge in [0, 0.05) is 24.0 Å². The fourth-order valence-corrected chi connectivity index (χ4v) is 5.48. The summed E-state index contributed by atoms with van der Waals surface area (Å²) in [5, 5.41) is 2.08. The second-order valence-corrected chi connectivity index (χ2v) is 9.23. The minimum Gasteiger partial charge on any atom is -0.290 e. The van der Waals surface area contributed by atoms with Gasteiger partial charge >= 0.3 is 0 Å². The van der Waals surface area contributed by atoms with Gasteiger partial charge in [0.2, 0.25) is 0 Å². The van der Waals surface area contributed by atoms with Crippen LogP contribution in [-0.4, -0.2) is 30.9 Å². The number of hydrogen-bond donors (Lipinski definition) is 0. The molecule has 1 fully saturated rings. The molecule has 0 aliphatic carbocycles. The van der Waals surface area contributed by atoms with Crippen LogP contribution in [0.25, 0.3) is 0 Å². The third kappa shape index (κ3) is 3.77. The van der Waals surface area contributed by atoms with Gasteiger partial charge in [-0.05, 0) is 35.9 Å². The minimum atomic E-state index is -2.86. The van der Waals surface area contributed by atoms with Crippen molar-refractivity contribution in [2.75, 3.05) is 11.5 Å². The predicted octanol–water partition coefficient (Wildman–Crippen LogP) is 3.25. The quantitative estimate of drug-likeness (QED) is 0.842. The molecule has 1 saturated heterocycles. The van der Waals surface area contributed by atoms with Crippen LogP contribution < -0.4 is 0 Å². The molecule has 0 N–H and O–H groups in total. The Balaban J connectivity index is 1.81. The summed E-state index contributed by atoms with van der Waals surface area (Å²) >= 11 is 1.73. The normalized spacial score (nSPS) is 20.5. The number of nitrogens with zero attached hydrogens (tertiary/aromatic N) is 1. The molecule has 1 aromatic carbocycles. The van der Waals surface area contributed by atoms with Gasteiger partial charge in [-0.1, -0.05) is 30.3 Å². The maximum atomic E-state index is 11.8. The van der Waals surface area contributed by atoms with E-state index in [0.29, 0.717) is 11.5 Å². The Bertz CT molecular complexity index is 723. The van der Waals surface area contributed by atoms with Crippen LogP contribution in [0.4, 0.5) is 0 Å². The average molecular weight is 335 g/mol. The molecule has 118 valence electrons. The number of rotatable bonds is 5. The lowest BCUT2D eigenvalue weighted by Gasteiger charge is -2.28. The first-order valence-electron chi connectivity index (χ1n) is 7.55. The van der Waals surface area contributed by atoms with E-state index in [1.54, 1.807) is 11.3 Å².